The molecule has 2 aromatic rings. The van der Waals surface area contributed by atoms with Crippen LogP contribution in [0, 0.1) is 13.8 Å². The second-order valence-corrected chi connectivity index (χ2v) is 4.86. The summed E-state index contributed by atoms with van der Waals surface area (Å²) in [5.74, 6) is 6.54. The molecule has 100 valence electrons. The number of hydrogen-bond donors (Lipinski definition) is 3. The molecule has 0 aliphatic rings. The second kappa shape index (κ2) is 5.61. The maximum Gasteiger partial charge on any atom is 0.148 e. The molecule has 1 aromatic carbocycles. The average Bonchev–Trinajstić information content (AvgIpc) is 2.38. The van der Waals surface area contributed by atoms with Crippen LogP contribution in [-0.2, 0) is 0 Å². The summed E-state index contributed by atoms with van der Waals surface area (Å²) in [6, 6.07) is 3.56. The van der Waals surface area contributed by atoms with Crippen molar-refractivity contribution in [2.24, 2.45) is 5.84 Å². The van der Waals surface area contributed by atoms with E-state index in [2.05, 4.69) is 20.7 Å². The Balaban J connectivity index is 2.39. The van der Waals surface area contributed by atoms with E-state index in [0.29, 0.717) is 27.4 Å². The van der Waals surface area contributed by atoms with Crippen LogP contribution in [0.5, 0.6) is 0 Å². The molecule has 0 saturated carbocycles. The Morgan fingerprint density at radius 1 is 1.05 bits per heavy atom. The molecule has 1 heterocycles. The summed E-state index contributed by atoms with van der Waals surface area (Å²) in [5.41, 5.74) is 4.90. The number of nitrogens with one attached hydrogen (secondary N) is 2. The molecule has 0 bridgehead atoms. The van der Waals surface area contributed by atoms with Crippen LogP contribution in [-0.4, -0.2) is 9.97 Å². The van der Waals surface area contributed by atoms with Crippen molar-refractivity contribution in [1.29, 1.82) is 0 Å². The smallest absolute Gasteiger partial charge is 0.148 e. The molecule has 0 saturated heterocycles. The van der Waals surface area contributed by atoms with Gasteiger partial charge in [-0.2, -0.15) is 0 Å². The number of rotatable bonds is 3. The fraction of sp³-hybridized carbons (Fsp3) is 0.167. The Labute approximate surface area is 121 Å². The molecule has 0 radical (unpaired) electrons. The fourth-order valence-corrected chi connectivity index (χ4v) is 2.02. The lowest BCUT2D eigenvalue weighted by atomic mass is 10.2. The van der Waals surface area contributed by atoms with Gasteiger partial charge in [-0.3, -0.25) is 0 Å². The summed E-state index contributed by atoms with van der Waals surface area (Å²) in [6.07, 6.45) is 1.41. The third-order valence-electron chi connectivity index (χ3n) is 2.72. The van der Waals surface area contributed by atoms with Crippen LogP contribution in [0.4, 0.5) is 17.3 Å². The highest BCUT2D eigenvalue weighted by atomic mass is 35.5. The number of anilines is 3. The van der Waals surface area contributed by atoms with Crippen molar-refractivity contribution in [3.8, 4) is 0 Å². The molecule has 0 fully saturated rings. The Morgan fingerprint density at radius 2 is 1.74 bits per heavy atom. The van der Waals surface area contributed by atoms with Gasteiger partial charge in [0, 0.05) is 10.6 Å². The molecule has 4 N–H and O–H groups in total. The number of aryl methyl sites for hydroxylation is 1. The van der Waals surface area contributed by atoms with Crippen LogP contribution in [0.1, 0.15) is 11.1 Å². The largest absolute Gasteiger partial charge is 0.339 e. The van der Waals surface area contributed by atoms with Gasteiger partial charge in [0.05, 0.1) is 10.7 Å². The normalized spacial score (nSPS) is 10.4. The van der Waals surface area contributed by atoms with E-state index in [-0.39, 0.29) is 0 Å². The van der Waals surface area contributed by atoms with Crippen molar-refractivity contribution < 1.29 is 0 Å². The van der Waals surface area contributed by atoms with Gasteiger partial charge in [-0.15, -0.1) is 0 Å². The second-order valence-electron chi connectivity index (χ2n) is 4.05. The summed E-state index contributed by atoms with van der Waals surface area (Å²) < 4.78 is 0. The average molecular weight is 298 g/mol. The highest BCUT2D eigenvalue weighted by molar-refractivity contribution is 6.35. The van der Waals surface area contributed by atoms with E-state index in [1.54, 1.807) is 12.1 Å². The lowest BCUT2D eigenvalue weighted by molar-refractivity contribution is 1.11. The quantitative estimate of drug-likeness (QED) is 0.598. The monoisotopic (exact) mass is 297 g/mol. The Bertz CT molecular complexity index is 615. The molecular formula is C12H13Cl2N5. The van der Waals surface area contributed by atoms with Crippen LogP contribution in [0.15, 0.2) is 18.5 Å². The topological polar surface area (TPSA) is 75.9 Å². The minimum Gasteiger partial charge on any atom is -0.339 e. The molecule has 7 heteroatoms. The minimum atomic E-state index is 0.548. The number of aromatic nitrogens is 2. The maximum absolute atomic E-state index is 6.17. The lowest BCUT2D eigenvalue weighted by Gasteiger charge is -2.13. The van der Waals surface area contributed by atoms with Gasteiger partial charge in [-0.25, -0.2) is 15.8 Å². The van der Waals surface area contributed by atoms with E-state index in [1.807, 2.05) is 13.8 Å². The number of hydrogen-bond acceptors (Lipinski definition) is 5. The summed E-state index contributed by atoms with van der Waals surface area (Å²) in [7, 11) is 0. The number of nitrogens with zero attached hydrogens (tertiary/aromatic N) is 2. The Hall–Kier alpha value is -1.56. The zero-order chi connectivity index (χ0) is 14.0. The van der Waals surface area contributed by atoms with E-state index >= 15 is 0 Å². The fourth-order valence-electron chi connectivity index (χ4n) is 1.59. The Kier molecular flexibility index (Phi) is 4.09. The van der Waals surface area contributed by atoms with Crippen LogP contribution in [0.25, 0.3) is 0 Å². The van der Waals surface area contributed by atoms with Crippen molar-refractivity contribution in [2.45, 2.75) is 13.8 Å². The predicted octanol–water partition coefficient (Wildman–Crippen LogP) is 3.43. The highest BCUT2D eigenvalue weighted by Crippen LogP contribution is 2.31. The molecule has 19 heavy (non-hydrogen) atoms. The zero-order valence-corrected chi connectivity index (χ0v) is 12.0. The molecule has 0 unspecified atom stereocenters. The van der Waals surface area contributed by atoms with Crippen molar-refractivity contribution in [2.75, 3.05) is 10.7 Å². The molecule has 0 spiro atoms. The standard InChI is InChI=1S/C12H13Cl2N5/c1-6-3-9(14)10(4-8(6)13)18-11-7(2)12(19-15)17-5-16-11/h3-5H,15H2,1-2H3,(H2,16,17,18,19). The van der Waals surface area contributed by atoms with Crippen molar-refractivity contribution in [1.82, 2.24) is 9.97 Å². The Morgan fingerprint density at radius 3 is 2.42 bits per heavy atom. The number of nitrogens with two attached hydrogens (primary N) is 1. The van der Waals surface area contributed by atoms with E-state index in [9.17, 15) is 0 Å². The van der Waals surface area contributed by atoms with E-state index in [0.717, 1.165) is 11.1 Å². The molecule has 0 atom stereocenters. The first-order valence-electron chi connectivity index (χ1n) is 5.53. The first kappa shape index (κ1) is 13.9. The number of hydrazine groups is 1. The van der Waals surface area contributed by atoms with E-state index < -0.39 is 0 Å². The number of nitrogen functional groups attached to an aromatic ring is 1. The third-order valence-corrected chi connectivity index (χ3v) is 3.44. The van der Waals surface area contributed by atoms with Crippen molar-refractivity contribution >= 4 is 40.5 Å². The van der Waals surface area contributed by atoms with Gasteiger partial charge in [0.2, 0.25) is 0 Å². The lowest BCUT2D eigenvalue weighted by Crippen LogP contribution is -2.11. The first-order chi connectivity index (χ1) is 9.02. The van der Waals surface area contributed by atoms with E-state index in [1.165, 1.54) is 6.33 Å². The summed E-state index contributed by atoms with van der Waals surface area (Å²) in [6.45, 7) is 3.74. The first-order valence-corrected chi connectivity index (χ1v) is 6.29. The molecule has 0 amide bonds. The molecule has 1 aromatic heterocycles. The number of halogens is 2. The third kappa shape index (κ3) is 2.89. The van der Waals surface area contributed by atoms with Crippen LogP contribution in [0.2, 0.25) is 10.0 Å². The van der Waals surface area contributed by atoms with Crippen molar-refractivity contribution in [3.05, 3.63) is 39.6 Å². The predicted molar refractivity (Wildman–Crippen MR) is 79.1 cm³/mol. The van der Waals surface area contributed by atoms with Crippen LogP contribution >= 0.6 is 23.2 Å². The molecule has 2 rings (SSSR count). The van der Waals surface area contributed by atoms with Gasteiger partial charge >= 0.3 is 0 Å². The molecule has 5 nitrogen and oxygen atoms in total. The summed E-state index contributed by atoms with van der Waals surface area (Å²) >= 11 is 12.3. The van der Waals surface area contributed by atoms with Crippen LogP contribution in [0.3, 0.4) is 0 Å². The van der Waals surface area contributed by atoms with Gasteiger partial charge < -0.3 is 10.7 Å². The number of benzene rings is 1. The minimum absolute atomic E-state index is 0.548. The van der Waals surface area contributed by atoms with Gasteiger partial charge in [-0.05, 0) is 31.5 Å². The summed E-state index contributed by atoms with van der Waals surface area (Å²) in [5, 5.41) is 4.33. The molecule has 0 aliphatic heterocycles. The SMILES string of the molecule is Cc1cc(Cl)c(Nc2ncnc(NN)c2C)cc1Cl. The maximum atomic E-state index is 6.17. The molecular weight excluding hydrogens is 285 g/mol. The van der Waals surface area contributed by atoms with Crippen LogP contribution < -0.4 is 16.6 Å². The van der Waals surface area contributed by atoms with Gasteiger partial charge in [0.1, 0.15) is 18.0 Å². The molecule has 0 aliphatic carbocycles. The van der Waals surface area contributed by atoms with Gasteiger partial charge in [-0.1, -0.05) is 23.2 Å². The zero-order valence-electron chi connectivity index (χ0n) is 10.5. The highest BCUT2D eigenvalue weighted by Gasteiger charge is 2.09. The van der Waals surface area contributed by atoms with E-state index in [4.69, 9.17) is 29.0 Å². The van der Waals surface area contributed by atoms with Crippen molar-refractivity contribution in [3.63, 3.8) is 0 Å². The summed E-state index contributed by atoms with van der Waals surface area (Å²) in [4.78, 5) is 8.16. The van der Waals surface area contributed by atoms with Gasteiger partial charge in [0.15, 0.2) is 0 Å². The van der Waals surface area contributed by atoms with Gasteiger partial charge in [0.25, 0.3) is 0 Å².